The third kappa shape index (κ3) is 3.04. The summed E-state index contributed by atoms with van der Waals surface area (Å²) in [5, 5.41) is 15.9. The van der Waals surface area contributed by atoms with E-state index in [9.17, 15) is 9.90 Å². The van der Waals surface area contributed by atoms with Crippen molar-refractivity contribution in [3.63, 3.8) is 0 Å². The number of carbonyl (C=O) groups is 1. The van der Waals surface area contributed by atoms with E-state index >= 15 is 0 Å². The molecule has 4 nitrogen and oxygen atoms in total. The number of fused-ring (bicyclic) bond motifs is 1. The van der Waals surface area contributed by atoms with E-state index in [1.54, 1.807) is 23.2 Å². The van der Waals surface area contributed by atoms with Gasteiger partial charge in [-0.15, -0.1) is 11.3 Å². The van der Waals surface area contributed by atoms with Crippen molar-refractivity contribution in [2.24, 2.45) is 5.92 Å². The first-order valence-corrected chi connectivity index (χ1v) is 8.19. The summed E-state index contributed by atoms with van der Waals surface area (Å²) in [5.74, 6) is 0.205. The first kappa shape index (κ1) is 14.4. The number of benzene rings is 1. The first-order chi connectivity index (χ1) is 10.1. The van der Waals surface area contributed by atoms with Gasteiger partial charge in [0, 0.05) is 30.3 Å². The molecular formula is C16H20N2O2S. The topological polar surface area (TPSA) is 52.6 Å². The van der Waals surface area contributed by atoms with Crippen molar-refractivity contribution < 1.29 is 9.90 Å². The summed E-state index contributed by atoms with van der Waals surface area (Å²) in [5.41, 5.74) is 1.15. The zero-order valence-corrected chi connectivity index (χ0v) is 12.9. The molecule has 1 aliphatic heterocycles. The number of urea groups is 1. The Morgan fingerprint density at radius 3 is 3.14 bits per heavy atom. The number of aliphatic hydroxyl groups is 1. The van der Waals surface area contributed by atoms with Crippen molar-refractivity contribution in [1.29, 1.82) is 0 Å². The number of amides is 2. The van der Waals surface area contributed by atoms with Gasteiger partial charge in [-0.2, -0.15) is 0 Å². The Labute approximate surface area is 128 Å². The Morgan fingerprint density at radius 1 is 1.52 bits per heavy atom. The van der Waals surface area contributed by atoms with Crippen LogP contribution in [-0.2, 0) is 6.54 Å². The fraction of sp³-hybridized carbons (Fsp3) is 0.438. The SMILES string of the molecule is CC(O)C1CCN(C(=O)NCc2cccc3ccsc23)C1. The van der Waals surface area contributed by atoms with E-state index in [0.717, 1.165) is 18.5 Å². The van der Waals surface area contributed by atoms with Gasteiger partial charge in [-0.1, -0.05) is 18.2 Å². The predicted octanol–water partition coefficient (Wildman–Crippen LogP) is 2.81. The fourth-order valence-electron chi connectivity index (χ4n) is 2.84. The molecule has 0 saturated carbocycles. The number of likely N-dealkylation sites (tertiary alicyclic amines) is 1. The third-order valence-electron chi connectivity index (χ3n) is 4.18. The van der Waals surface area contributed by atoms with Crippen LogP contribution in [0.1, 0.15) is 18.9 Å². The molecule has 1 fully saturated rings. The number of hydrogen-bond acceptors (Lipinski definition) is 3. The summed E-state index contributed by atoms with van der Waals surface area (Å²) in [6.45, 7) is 3.72. The lowest BCUT2D eigenvalue weighted by molar-refractivity contribution is 0.129. The van der Waals surface area contributed by atoms with E-state index in [2.05, 4.69) is 28.9 Å². The van der Waals surface area contributed by atoms with Gasteiger partial charge in [-0.05, 0) is 35.7 Å². The lowest BCUT2D eigenvalue weighted by atomic mass is 10.0. The normalized spacial score (nSPS) is 19.9. The molecule has 2 unspecified atom stereocenters. The molecule has 1 aromatic carbocycles. The smallest absolute Gasteiger partial charge is 0.317 e. The predicted molar refractivity (Wildman–Crippen MR) is 85.4 cm³/mol. The standard InChI is InChI=1S/C16H20N2O2S/c1-11(19)14-5-7-18(10-14)16(20)17-9-13-4-2-3-12-6-8-21-15(12)13/h2-4,6,8,11,14,19H,5,7,9-10H2,1H3,(H,17,20). The van der Waals surface area contributed by atoms with Gasteiger partial charge < -0.3 is 15.3 Å². The van der Waals surface area contributed by atoms with Crippen molar-refractivity contribution in [3.05, 3.63) is 35.2 Å². The van der Waals surface area contributed by atoms with Crippen LogP contribution in [-0.4, -0.2) is 35.2 Å². The molecule has 2 aromatic rings. The van der Waals surface area contributed by atoms with Crippen LogP contribution < -0.4 is 5.32 Å². The summed E-state index contributed by atoms with van der Waals surface area (Å²) < 4.78 is 1.24. The van der Waals surface area contributed by atoms with Crippen molar-refractivity contribution >= 4 is 27.5 Å². The molecule has 1 saturated heterocycles. The largest absolute Gasteiger partial charge is 0.393 e. The van der Waals surface area contributed by atoms with Crippen LogP contribution in [0, 0.1) is 5.92 Å². The lowest BCUT2D eigenvalue weighted by Crippen LogP contribution is -2.38. The van der Waals surface area contributed by atoms with Crippen LogP contribution in [0.15, 0.2) is 29.6 Å². The van der Waals surface area contributed by atoms with E-state index in [-0.39, 0.29) is 18.1 Å². The first-order valence-electron chi connectivity index (χ1n) is 7.31. The average Bonchev–Trinajstić information content (AvgIpc) is 3.13. The molecule has 1 aliphatic rings. The minimum absolute atomic E-state index is 0.0355. The Morgan fingerprint density at radius 2 is 2.38 bits per heavy atom. The van der Waals surface area contributed by atoms with Gasteiger partial charge in [0.1, 0.15) is 0 Å². The van der Waals surface area contributed by atoms with Crippen molar-refractivity contribution in [2.45, 2.75) is 26.0 Å². The molecule has 2 N–H and O–H groups in total. The van der Waals surface area contributed by atoms with E-state index in [4.69, 9.17) is 0 Å². The number of aliphatic hydroxyl groups excluding tert-OH is 1. The van der Waals surface area contributed by atoms with Crippen LogP contribution in [0.25, 0.3) is 10.1 Å². The number of rotatable bonds is 3. The maximum Gasteiger partial charge on any atom is 0.317 e. The second-order valence-electron chi connectivity index (χ2n) is 5.65. The van der Waals surface area contributed by atoms with Gasteiger partial charge in [0.25, 0.3) is 0 Å². The van der Waals surface area contributed by atoms with Crippen LogP contribution in [0.4, 0.5) is 4.79 Å². The number of hydrogen-bond donors (Lipinski definition) is 2. The third-order valence-corrected chi connectivity index (χ3v) is 5.19. The zero-order valence-electron chi connectivity index (χ0n) is 12.1. The summed E-state index contributed by atoms with van der Waals surface area (Å²) in [7, 11) is 0. The van der Waals surface area contributed by atoms with E-state index in [0.29, 0.717) is 13.1 Å². The second-order valence-corrected chi connectivity index (χ2v) is 6.57. The molecular weight excluding hydrogens is 284 g/mol. The molecule has 3 rings (SSSR count). The monoisotopic (exact) mass is 304 g/mol. The van der Waals surface area contributed by atoms with E-state index in [1.165, 1.54) is 10.1 Å². The van der Waals surface area contributed by atoms with Gasteiger partial charge in [-0.3, -0.25) is 0 Å². The average molecular weight is 304 g/mol. The maximum absolute atomic E-state index is 12.2. The molecule has 2 heterocycles. The molecule has 0 aliphatic carbocycles. The minimum atomic E-state index is -0.345. The van der Waals surface area contributed by atoms with Gasteiger partial charge in [-0.25, -0.2) is 4.79 Å². The van der Waals surface area contributed by atoms with Gasteiger partial charge in [0.2, 0.25) is 0 Å². The quantitative estimate of drug-likeness (QED) is 0.916. The molecule has 0 spiro atoms. The Hall–Kier alpha value is -1.59. The van der Waals surface area contributed by atoms with Crippen molar-refractivity contribution in [1.82, 2.24) is 10.2 Å². The van der Waals surface area contributed by atoms with Gasteiger partial charge in [0.05, 0.1) is 6.10 Å². The second kappa shape index (κ2) is 6.03. The number of nitrogens with one attached hydrogen (secondary N) is 1. The Balaban J connectivity index is 1.60. The maximum atomic E-state index is 12.2. The van der Waals surface area contributed by atoms with E-state index in [1.807, 2.05) is 6.07 Å². The highest BCUT2D eigenvalue weighted by Gasteiger charge is 2.28. The van der Waals surface area contributed by atoms with Crippen LogP contribution in [0.5, 0.6) is 0 Å². The highest BCUT2D eigenvalue weighted by atomic mass is 32.1. The molecule has 112 valence electrons. The molecule has 2 atom stereocenters. The fourth-order valence-corrected chi connectivity index (χ4v) is 3.76. The molecule has 21 heavy (non-hydrogen) atoms. The zero-order chi connectivity index (χ0) is 14.8. The number of thiophene rings is 1. The molecule has 1 aromatic heterocycles. The Kier molecular flexibility index (Phi) is 4.12. The van der Waals surface area contributed by atoms with E-state index < -0.39 is 0 Å². The molecule has 0 bridgehead atoms. The minimum Gasteiger partial charge on any atom is -0.393 e. The molecule has 0 radical (unpaired) electrons. The Bertz CT molecular complexity index is 638. The summed E-state index contributed by atoms with van der Waals surface area (Å²) in [6, 6.07) is 8.23. The summed E-state index contributed by atoms with van der Waals surface area (Å²) in [6.07, 6.45) is 0.536. The van der Waals surface area contributed by atoms with Crippen LogP contribution in [0.3, 0.4) is 0 Å². The summed E-state index contributed by atoms with van der Waals surface area (Å²) >= 11 is 1.70. The van der Waals surface area contributed by atoms with Crippen LogP contribution >= 0.6 is 11.3 Å². The highest BCUT2D eigenvalue weighted by molar-refractivity contribution is 7.17. The number of carbonyl (C=O) groups excluding carboxylic acids is 1. The van der Waals surface area contributed by atoms with Crippen molar-refractivity contribution in [3.8, 4) is 0 Å². The lowest BCUT2D eigenvalue weighted by Gasteiger charge is -2.18. The van der Waals surface area contributed by atoms with Gasteiger partial charge in [0.15, 0.2) is 0 Å². The van der Waals surface area contributed by atoms with Crippen molar-refractivity contribution in [2.75, 3.05) is 13.1 Å². The highest BCUT2D eigenvalue weighted by Crippen LogP contribution is 2.25. The van der Waals surface area contributed by atoms with Gasteiger partial charge >= 0.3 is 6.03 Å². The molecule has 5 heteroatoms. The summed E-state index contributed by atoms with van der Waals surface area (Å²) in [4.78, 5) is 14.0. The number of nitrogens with zero attached hydrogens (tertiary/aromatic N) is 1. The van der Waals surface area contributed by atoms with Crippen LogP contribution in [0.2, 0.25) is 0 Å². The molecule has 2 amide bonds.